The highest BCUT2D eigenvalue weighted by Gasteiger charge is 2.23. The van der Waals surface area contributed by atoms with Gasteiger partial charge in [0.15, 0.2) is 0 Å². The number of carbonyl (C=O) groups excluding carboxylic acids is 2. The highest BCUT2D eigenvalue weighted by atomic mass is 35.5. The molecule has 0 fully saturated rings. The van der Waals surface area contributed by atoms with Gasteiger partial charge in [0, 0.05) is 10.6 Å². The Labute approximate surface area is 155 Å². The first-order chi connectivity index (χ1) is 12.6. The number of benzene rings is 3. The number of hydrogen-bond acceptors (Lipinski definition) is 4. The summed E-state index contributed by atoms with van der Waals surface area (Å²) >= 11 is 5.91. The molecule has 0 radical (unpaired) electrons. The van der Waals surface area contributed by atoms with Crippen molar-refractivity contribution in [2.75, 3.05) is 0 Å². The fourth-order valence-electron chi connectivity index (χ4n) is 2.29. The second-order valence-electron chi connectivity index (χ2n) is 5.43. The lowest BCUT2D eigenvalue weighted by Gasteiger charge is -2.19. The van der Waals surface area contributed by atoms with Gasteiger partial charge in [-0.1, -0.05) is 66.2 Å². The minimum Gasteiger partial charge on any atom is -0.417 e. The van der Waals surface area contributed by atoms with Gasteiger partial charge < -0.3 is 9.47 Å². The monoisotopic (exact) mass is 366 g/mol. The van der Waals surface area contributed by atoms with E-state index in [4.69, 9.17) is 21.1 Å². The van der Waals surface area contributed by atoms with Crippen LogP contribution in [0.5, 0.6) is 0 Å². The van der Waals surface area contributed by atoms with E-state index < -0.39 is 18.2 Å². The molecule has 130 valence electrons. The lowest BCUT2D eigenvalue weighted by atomic mass is 10.2. The van der Waals surface area contributed by atoms with Gasteiger partial charge >= 0.3 is 11.9 Å². The van der Waals surface area contributed by atoms with Crippen LogP contribution in [0.15, 0.2) is 84.9 Å². The van der Waals surface area contributed by atoms with Gasteiger partial charge in [-0.3, -0.25) is 0 Å². The minimum absolute atomic E-state index is 0.272. The van der Waals surface area contributed by atoms with Crippen molar-refractivity contribution in [1.82, 2.24) is 0 Å². The number of rotatable bonds is 5. The van der Waals surface area contributed by atoms with Crippen LogP contribution in [0.3, 0.4) is 0 Å². The van der Waals surface area contributed by atoms with Crippen molar-refractivity contribution in [2.45, 2.75) is 6.29 Å². The van der Waals surface area contributed by atoms with E-state index >= 15 is 0 Å². The predicted octanol–water partition coefficient (Wildman–Crippen LogP) is 5.05. The summed E-state index contributed by atoms with van der Waals surface area (Å²) in [5.74, 6) is -1.22. The smallest absolute Gasteiger partial charge is 0.341 e. The van der Waals surface area contributed by atoms with E-state index in [1.807, 2.05) is 6.07 Å². The quantitative estimate of drug-likeness (QED) is 0.468. The van der Waals surface area contributed by atoms with Gasteiger partial charge in [-0.25, -0.2) is 9.59 Å². The minimum atomic E-state index is -1.17. The average molecular weight is 367 g/mol. The Kier molecular flexibility index (Phi) is 5.66. The summed E-state index contributed by atoms with van der Waals surface area (Å²) in [4.78, 5) is 24.8. The van der Waals surface area contributed by atoms with E-state index in [9.17, 15) is 9.59 Å². The predicted molar refractivity (Wildman–Crippen MR) is 97.9 cm³/mol. The van der Waals surface area contributed by atoms with Crippen LogP contribution in [0.1, 0.15) is 32.6 Å². The van der Waals surface area contributed by atoms with Crippen LogP contribution in [0.25, 0.3) is 0 Å². The first-order valence-corrected chi connectivity index (χ1v) is 8.29. The SMILES string of the molecule is O=C(OC(OC(=O)c1cccc(Cl)c1)c1ccccc1)c1ccccc1. The Morgan fingerprint density at radius 2 is 1.23 bits per heavy atom. The second kappa shape index (κ2) is 8.32. The van der Waals surface area contributed by atoms with E-state index in [0.29, 0.717) is 16.1 Å². The van der Waals surface area contributed by atoms with Crippen molar-refractivity contribution in [3.05, 3.63) is 107 Å². The van der Waals surface area contributed by atoms with Crippen LogP contribution in [0.4, 0.5) is 0 Å². The molecule has 1 atom stereocenters. The van der Waals surface area contributed by atoms with E-state index in [-0.39, 0.29) is 5.56 Å². The van der Waals surface area contributed by atoms with Gasteiger partial charge in [0.05, 0.1) is 11.1 Å². The summed E-state index contributed by atoms with van der Waals surface area (Å²) in [5.41, 5.74) is 1.19. The van der Waals surface area contributed by atoms with Crippen LogP contribution >= 0.6 is 11.6 Å². The lowest BCUT2D eigenvalue weighted by molar-refractivity contribution is -0.0823. The maximum absolute atomic E-state index is 12.4. The zero-order valence-corrected chi connectivity index (χ0v) is 14.4. The Morgan fingerprint density at radius 3 is 1.85 bits per heavy atom. The molecule has 26 heavy (non-hydrogen) atoms. The summed E-state index contributed by atoms with van der Waals surface area (Å²) in [6.45, 7) is 0. The molecule has 0 aliphatic rings. The summed E-state index contributed by atoms with van der Waals surface area (Å²) in [6, 6.07) is 23.7. The van der Waals surface area contributed by atoms with Crippen LogP contribution in [-0.2, 0) is 9.47 Å². The van der Waals surface area contributed by atoms with Gasteiger partial charge in [0.1, 0.15) is 0 Å². The molecule has 0 saturated heterocycles. The molecule has 3 rings (SSSR count). The maximum atomic E-state index is 12.4. The van der Waals surface area contributed by atoms with Crippen LogP contribution < -0.4 is 0 Å². The molecule has 0 bridgehead atoms. The van der Waals surface area contributed by atoms with Crippen molar-refractivity contribution >= 4 is 23.5 Å². The van der Waals surface area contributed by atoms with Crippen molar-refractivity contribution in [1.29, 1.82) is 0 Å². The fraction of sp³-hybridized carbons (Fsp3) is 0.0476. The molecule has 3 aromatic carbocycles. The number of ether oxygens (including phenoxy) is 2. The van der Waals surface area contributed by atoms with Gasteiger partial charge in [0.25, 0.3) is 6.29 Å². The molecule has 0 heterocycles. The van der Waals surface area contributed by atoms with Gasteiger partial charge in [0.2, 0.25) is 0 Å². The van der Waals surface area contributed by atoms with Gasteiger partial charge in [-0.05, 0) is 30.3 Å². The van der Waals surface area contributed by atoms with Crippen LogP contribution in [0.2, 0.25) is 5.02 Å². The second-order valence-corrected chi connectivity index (χ2v) is 5.87. The zero-order chi connectivity index (χ0) is 18.4. The average Bonchev–Trinajstić information content (AvgIpc) is 2.68. The standard InChI is InChI=1S/C21H15ClO4/c22-18-13-7-12-17(14-18)20(24)26-21(16-10-5-2-6-11-16)25-19(23)15-8-3-1-4-9-15/h1-14,21H. The summed E-state index contributed by atoms with van der Waals surface area (Å²) in [7, 11) is 0. The van der Waals surface area contributed by atoms with Crippen LogP contribution in [0, 0.1) is 0 Å². The van der Waals surface area contributed by atoms with Crippen molar-refractivity contribution in [2.24, 2.45) is 0 Å². The van der Waals surface area contributed by atoms with Crippen molar-refractivity contribution in [3.8, 4) is 0 Å². The summed E-state index contributed by atoms with van der Waals surface area (Å²) in [6.07, 6.45) is -1.17. The van der Waals surface area contributed by atoms with Crippen LogP contribution in [-0.4, -0.2) is 11.9 Å². The Hall–Kier alpha value is -3.11. The Morgan fingerprint density at radius 1 is 0.692 bits per heavy atom. The van der Waals surface area contributed by atoms with Gasteiger partial charge in [-0.15, -0.1) is 0 Å². The third-order valence-corrected chi connectivity index (χ3v) is 3.80. The van der Waals surface area contributed by atoms with Crippen molar-refractivity contribution < 1.29 is 19.1 Å². The van der Waals surface area contributed by atoms with Gasteiger partial charge in [-0.2, -0.15) is 0 Å². The zero-order valence-electron chi connectivity index (χ0n) is 13.7. The Bertz CT molecular complexity index is 894. The molecule has 0 aliphatic heterocycles. The number of carbonyl (C=O) groups is 2. The fourth-order valence-corrected chi connectivity index (χ4v) is 2.48. The molecule has 0 amide bonds. The number of esters is 2. The normalized spacial score (nSPS) is 11.4. The first-order valence-electron chi connectivity index (χ1n) is 7.91. The summed E-state index contributed by atoms with van der Waals surface area (Å²) in [5, 5.41) is 0.414. The van der Waals surface area contributed by atoms with E-state index in [2.05, 4.69) is 0 Å². The molecule has 1 unspecified atom stereocenters. The molecular weight excluding hydrogens is 352 g/mol. The van der Waals surface area contributed by atoms with E-state index in [1.54, 1.807) is 72.8 Å². The molecule has 0 aromatic heterocycles. The molecule has 5 heteroatoms. The van der Waals surface area contributed by atoms with Crippen molar-refractivity contribution in [3.63, 3.8) is 0 Å². The molecule has 0 aliphatic carbocycles. The molecule has 0 N–H and O–H groups in total. The summed E-state index contributed by atoms with van der Waals surface area (Å²) < 4.78 is 10.9. The molecular formula is C21H15ClO4. The molecule has 4 nitrogen and oxygen atoms in total. The lowest BCUT2D eigenvalue weighted by Crippen LogP contribution is -2.18. The molecule has 0 saturated carbocycles. The van der Waals surface area contributed by atoms with E-state index in [1.165, 1.54) is 6.07 Å². The molecule has 0 spiro atoms. The number of hydrogen-bond donors (Lipinski definition) is 0. The Balaban J connectivity index is 1.82. The third-order valence-electron chi connectivity index (χ3n) is 3.57. The topological polar surface area (TPSA) is 52.6 Å². The largest absolute Gasteiger partial charge is 0.417 e. The maximum Gasteiger partial charge on any atom is 0.341 e. The third kappa shape index (κ3) is 4.49. The highest BCUT2D eigenvalue weighted by Crippen LogP contribution is 2.23. The van der Waals surface area contributed by atoms with E-state index in [0.717, 1.165) is 0 Å². The first kappa shape index (κ1) is 17.7. The number of halogens is 1. The molecule has 3 aromatic rings. The highest BCUT2D eigenvalue weighted by molar-refractivity contribution is 6.30.